The molecule has 3 aromatic carbocycles. The highest BCUT2D eigenvalue weighted by atomic mass is 32.2. The van der Waals surface area contributed by atoms with Crippen LogP contribution in [0.25, 0.3) is 11.1 Å². The summed E-state index contributed by atoms with van der Waals surface area (Å²) in [6.07, 6.45) is 2.92. The maximum absolute atomic E-state index is 13.5. The molecule has 3 aromatic rings. The van der Waals surface area contributed by atoms with Crippen LogP contribution in [0.2, 0.25) is 0 Å². The lowest BCUT2D eigenvalue weighted by Gasteiger charge is -2.39. The van der Waals surface area contributed by atoms with Crippen LogP contribution in [0.15, 0.2) is 83.8 Å². The molecule has 1 saturated carbocycles. The molecule has 0 spiro atoms. The lowest BCUT2D eigenvalue weighted by atomic mass is 9.85. The number of aliphatic carboxylic acids is 1. The number of hydrogen-bond donors (Lipinski definition) is 2. The number of benzene rings is 3. The van der Waals surface area contributed by atoms with Crippen LogP contribution >= 0.6 is 0 Å². The number of carbonyl (C=O) groups is 2. The molecule has 2 fully saturated rings. The molecule has 1 atom stereocenters. The maximum atomic E-state index is 13.5. The van der Waals surface area contributed by atoms with E-state index in [9.17, 15) is 23.1 Å². The molecule has 1 saturated heterocycles. The van der Waals surface area contributed by atoms with Gasteiger partial charge < -0.3 is 14.7 Å². The Morgan fingerprint density at radius 3 is 2.12 bits per heavy atom. The largest absolute Gasteiger partial charge is 0.481 e. The Labute approximate surface area is 254 Å². The van der Waals surface area contributed by atoms with Gasteiger partial charge in [-0.15, -0.1) is 0 Å². The summed E-state index contributed by atoms with van der Waals surface area (Å²) < 4.78 is 34.9. The SMILES string of the molecule is CC(C)(Cc1ccc(-c2ccc(S(=O)(=O)N[C@H]3CC[C@H](C(=O)N4CCOC[C@@H]4c4ccccc4)CC3)cc2)cc1)C(=O)O. The van der Waals surface area contributed by atoms with E-state index in [-0.39, 0.29) is 28.8 Å². The van der Waals surface area contributed by atoms with Crippen molar-refractivity contribution in [2.75, 3.05) is 19.8 Å². The van der Waals surface area contributed by atoms with Gasteiger partial charge >= 0.3 is 5.97 Å². The van der Waals surface area contributed by atoms with E-state index in [0.717, 1.165) is 22.3 Å². The second-order valence-electron chi connectivity index (χ2n) is 12.3. The Kier molecular flexibility index (Phi) is 9.34. The number of morpholine rings is 1. The van der Waals surface area contributed by atoms with Crippen molar-refractivity contribution < 1.29 is 27.9 Å². The van der Waals surface area contributed by atoms with Gasteiger partial charge in [0.1, 0.15) is 0 Å². The van der Waals surface area contributed by atoms with Crippen LogP contribution in [0, 0.1) is 11.3 Å². The number of carboxylic acids is 1. The molecule has 228 valence electrons. The second-order valence-corrected chi connectivity index (χ2v) is 14.0. The van der Waals surface area contributed by atoms with Crippen molar-refractivity contribution in [2.45, 2.75) is 62.9 Å². The third-order valence-electron chi connectivity index (χ3n) is 8.67. The number of sulfonamides is 1. The van der Waals surface area contributed by atoms with Crippen LogP contribution in [0.1, 0.15) is 56.7 Å². The number of hydrogen-bond acceptors (Lipinski definition) is 5. The molecule has 0 radical (unpaired) electrons. The molecule has 0 bridgehead atoms. The highest BCUT2D eigenvalue weighted by molar-refractivity contribution is 7.89. The highest BCUT2D eigenvalue weighted by Crippen LogP contribution is 2.32. The standard InChI is InChI=1S/C34H40N2O6S/c1-34(2,33(38)39)22-24-8-10-25(11-9-24)26-14-18-30(19-15-26)43(40,41)35-29-16-12-28(13-17-29)32(37)36-20-21-42-23-31(36)27-6-4-3-5-7-27/h3-11,14-15,18-19,28-29,31,35H,12-13,16-17,20-23H2,1-2H3,(H,38,39)/t28-,29-,31-/m1/s1. The zero-order valence-corrected chi connectivity index (χ0v) is 25.6. The molecule has 1 amide bonds. The number of nitrogens with zero attached hydrogens (tertiary/aromatic N) is 1. The minimum absolute atomic E-state index is 0.0938. The predicted octanol–water partition coefficient (Wildman–Crippen LogP) is 5.44. The first-order chi connectivity index (χ1) is 20.5. The molecule has 5 rings (SSSR count). The zero-order valence-electron chi connectivity index (χ0n) is 24.7. The number of carbonyl (C=O) groups excluding carboxylic acids is 1. The summed E-state index contributed by atoms with van der Waals surface area (Å²) in [7, 11) is -3.71. The molecule has 1 aliphatic heterocycles. The van der Waals surface area contributed by atoms with Gasteiger partial charge in [0.15, 0.2) is 0 Å². The Balaban J connectivity index is 1.16. The van der Waals surface area contributed by atoms with Crippen LogP contribution in [0.3, 0.4) is 0 Å². The maximum Gasteiger partial charge on any atom is 0.309 e. The van der Waals surface area contributed by atoms with E-state index < -0.39 is 21.4 Å². The molecule has 0 aromatic heterocycles. The average Bonchev–Trinajstić information content (AvgIpc) is 3.01. The monoisotopic (exact) mass is 604 g/mol. The van der Waals surface area contributed by atoms with E-state index in [1.54, 1.807) is 38.1 Å². The minimum atomic E-state index is -3.71. The summed E-state index contributed by atoms with van der Waals surface area (Å²) in [6, 6.07) is 24.1. The van der Waals surface area contributed by atoms with E-state index in [1.165, 1.54) is 0 Å². The van der Waals surface area contributed by atoms with Gasteiger partial charge in [-0.2, -0.15) is 0 Å². The first kappa shape index (κ1) is 30.9. The lowest BCUT2D eigenvalue weighted by molar-refractivity contribution is -0.147. The molecule has 2 aliphatic rings. The third kappa shape index (κ3) is 7.34. The number of nitrogens with one attached hydrogen (secondary N) is 1. The molecular weight excluding hydrogens is 564 g/mol. The van der Waals surface area contributed by atoms with Crippen molar-refractivity contribution >= 4 is 21.9 Å². The predicted molar refractivity (Wildman–Crippen MR) is 165 cm³/mol. The molecular formula is C34H40N2O6S. The van der Waals surface area contributed by atoms with E-state index >= 15 is 0 Å². The van der Waals surface area contributed by atoms with Crippen molar-refractivity contribution in [3.8, 4) is 11.1 Å². The minimum Gasteiger partial charge on any atom is -0.481 e. The first-order valence-corrected chi connectivity index (χ1v) is 16.4. The van der Waals surface area contributed by atoms with Gasteiger partial charge in [0.2, 0.25) is 15.9 Å². The zero-order chi connectivity index (χ0) is 30.6. The van der Waals surface area contributed by atoms with E-state index in [4.69, 9.17) is 4.74 Å². The van der Waals surface area contributed by atoms with Crippen LogP contribution in [0.4, 0.5) is 0 Å². The summed E-state index contributed by atoms with van der Waals surface area (Å²) in [5, 5.41) is 9.38. The Bertz CT molecular complexity index is 1510. The van der Waals surface area contributed by atoms with Gasteiger partial charge in [-0.3, -0.25) is 9.59 Å². The molecule has 9 heteroatoms. The quantitative estimate of drug-likeness (QED) is 0.336. The van der Waals surface area contributed by atoms with Crippen molar-refractivity contribution in [2.24, 2.45) is 11.3 Å². The van der Waals surface area contributed by atoms with Crippen molar-refractivity contribution in [3.05, 3.63) is 90.0 Å². The summed E-state index contributed by atoms with van der Waals surface area (Å²) in [5.41, 5.74) is 2.94. The van der Waals surface area contributed by atoms with Gasteiger partial charge in [0.25, 0.3) is 0 Å². The van der Waals surface area contributed by atoms with Crippen LogP contribution in [-0.4, -0.2) is 56.1 Å². The lowest BCUT2D eigenvalue weighted by Crippen LogP contribution is -2.47. The molecule has 2 N–H and O–H groups in total. The van der Waals surface area contributed by atoms with Crippen LogP contribution < -0.4 is 4.72 Å². The first-order valence-electron chi connectivity index (χ1n) is 14.9. The molecule has 1 aliphatic carbocycles. The number of ether oxygens (including phenoxy) is 1. The van der Waals surface area contributed by atoms with Gasteiger partial charge in [0, 0.05) is 18.5 Å². The summed E-state index contributed by atoms with van der Waals surface area (Å²) >= 11 is 0. The third-order valence-corrected chi connectivity index (χ3v) is 10.2. The topological polar surface area (TPSA) is 113 Å². The fourth-order valence-corrected chi connectivity index (χ4v) is 7.33. The van der Waals surface area contributed by atoms with Gasteiger partial charge in [0.05, 0.1) is 29.6 Å². The second kappa shape index (κ2) is 13.0. The normalized spacial score (nSPS) is 21.3. The highest BCUT2D eigenvalue weighted by Gasteiger charge is 2.36. The molecule has 8 nitrogen and oxygen atoms in total. The van der Waals surface area contributed by atoms with E-state index in [1.807, 2.05) is 59.5 Å². The van der Waals surface area contributed by atoms with E-state index in [0.29, 0.717) is 51.9 Å². The fraction of sp³-hybridized carbons (Fsp3) is 0.412. The summed E-state index contributed by atoms with van der Waals surface area (Å²) in [6.45, 7) is 4.98. The molecule has 1 heterocycles. The van der Waals surface area contributed by atoms with Gasteiger partial charge in [-0.1, -0.05) is 66.7 Å². The smallest absolute Gasteiger partial charge is 0.309 e. The summed E-state index contributed by atoms with van der Waals surface area (Å²) in [4.78, 5) is 27.1. The van der Waals surface area contributed by atoms with E-state index in [2.05, 4.69) is 4.72 Å². The summed E-state index contributed by atoms with van der Waals surface area (Å²) in [5.74, 6) is -0.827. The number of rotatable bonds is 9. The van der Waals surface area contributed by atoms with Gasteiger partial charge in [-0.05, 0) is 80.3 Å². The molecule has 43 heavy (non-hydrogen) atoms. The van der Waals surface area contributed by atoms with Crippen molar-refractivity contribution in [1.82, 2.24) is 9.62 Å². The Morgan fingerprint density at radius 1 is 0.907 bits per heavy atom. The number of carboxylic acid groups (broad SMARTS) is 1. The molecule has 0 unspecified atom stereocenters. The van der Waals surface area contributed by atoms with Crippen LogP contribution in [-0.2, 0) is 30.8 Å². The number of amides is 1. The van der Waals surface area contributed by atoms with Crippen molar-refractivity contribution in [3.63, 3.8) is 0 Å². The van der Waals surface area contributed by atoms with Crippen LogP contribution in [0.5, 0.6) is 0 Å². The average molecular weight is 605 g/mol. The Hall–Kier alpha value is -3.53. The van der Waals surface area contributed by atoms with Gasteiger partial charge in [-0.25, -0.2) is 13.1 Å². The fourth-order valence-electron chi connectivity index (χ4n) is 6.03. The Morgan fingerprint density at radius 2 is 1.51 bits per heavy atom. The van der Waals surface area contributed by atoms with Crippen molar-refractivity contribution in [1.29, 1.82) is 0 Å².